The molecule has 3 atom stereocenters. The van der Waals surface area contributed by atoms with E-state index >= 15 is 0 Å². The Bertz CT molecular complexity index is 875. The van der Waals surface area contributed by atoms with Gasteiger partial charge in [-0.05, 0) is 55.3 Å². The second-order valence-electron chi connectivity index (χ2n) is 9.73. The van der Waals surface area contributed by atoms with Gasteiger partial charge in [0.1, 0.15) is 5.60 Å². The minimum atomic E-state index is -5.05. The van der Waals surface area contributed by atoms with Crippen molar-refractivity contribution in [3.63, 3.8) is 0 Å². The topological polar surface area (TPSA) is 78.4 Å². The molecule has 1 saturated heterocycles. The molecule has 0 aliphatic carbocycles. The number of hydrogen-bond acceptors (Lipinski definition) is 4. The van der Waals surface area contributed by atoms with Gasteiger partial charge in [0.05, 0.1) is 17.2 Å². The van der Waals surface area contributed by atoms with E-state index in [1.54, 1.807) is 27.7 Å². The number of alkyl halides is 6. The molecular weight excluding hydrogens is 466 g/mol. The molecule has 0 bridgehead atoms. The van der Waals surface area contributed by atoms with Gasteiger partial charge in [0.15, 0.2) is 5.78 Å². The quantitative estimate of drug-likeness (QED) is 0.504. The van der Waals surface area contributed by atoms with Crippen LogP contribution < -0.4 is 10.6 Å². The van der Waals surface area contributed by atoms with Crippen LogP contribution >= 0.6 is 0 Å². The summed E-state index contributed by atoms with van der Waals surface area (Å²) in [7, 11) is 0. The smallest absolute Gasteiger partial charge is 0.381 e. The first-order chi connectivity index (χ1) is 15.4. The van der Waals surface area contributed by atoms with Gasteiger partial charge in [0.2, 0.25) is 0 Å². The normalized spacial score (nSPS) is 21.6. The molecule has 34 heavy (non-hydrogen) atoms. The fourth-order valence-electron chi connectivity index (χ4n) is 4.17. The Balaban J connectivity index is 2.14. The lowest BCUT2D eigenvalue weighted by molar-refractivity contribution is -0.153. The molecule has 0 radical (unpaired) electrons. The number of rotatable bonds is 6. The number of piperidine rings is 1. The number of nitrogens with one attached hydrogen (secondary N) is 2. The molecule has 1 fully saturated rings. The molecule has 1 amide bonds. The summed E-state index contributed by atoms with van der Waals surface area (Å²) < 4.78 is 78.3. The van der Waals surface area contributed by atoms with E-state index in [0.29, 0.717) is 25.1 Å². The van der Waals surface area contributed by atoms with Gasteiger partial charge in [-0.3, -0.25) is 9.59 Å². The van der Waals surface area contributed by atoms with Crippen LogP contribution in [0.15, 0.2) is 18.2 Å². The summed E-state index contributed by atoms with van der Waals surface area (Å²) >= 11 is 0. The van der Waals surface area contributed by atoms with E-state index < -0.39 is 52.0 Å². The van der Waals surface area contributed by atoms with E-state index in [2.05, 4.69) is 10.6 Å². The first kappa shape index (κ1) is 28.1. The summed E-state index contributed by atoms with van der Waals surface area (Å²) in [5.41, 5.74) is -6.19. The summed E-state index contributed by atoms with van der Waals surface area (Å²) in [5, 5.41) is 16.4. The highest BCUT2D eigenvalue weighted by atomic mass is 19.4. The first-order valence-electron chi connectivity index (χ1n) is 11.0. The lowest BCUT2D eigenvalue weighted by Crippen LogP contribution is -2.59. The summed E-state index contributed by atoms with van der Waals surface area (Å²) in [6.45, 7) is 7.32. The van der Waals surface area contributed by atoms with Gasteiger partial charge >= 0.3 is 12.4 Å². The van der Waals surface area contributed by atoms with E-state index in [-0.39, 0.29) is 37.2 Å². The van der Waals surface area contributed by atoms with E-state index in [4.69, 9.17) is 0 Å². The minimum absolute atomic E-state index is 0.0378. The fraction of sp³-hybridized carbons (Fsp3) is 0.652. The Kier molecular flexibility index (Phi) is 8.14. The van der Waals surface area contributed by atoms with Crippen LogP contribution in [0.2, 0.25) is 0 Å². The zero-order valence-electron chi connectivity index (χ0n) is 19.5. The third-order valence-electron chi connectivity index (χ3n) is 6.39. The number of Topliss-reactive ketones (excluding diaryl/α,β-unsaturated/α-hetero) is 1. The van der Waals surface area contributed by atoms with Gasteiger partial charge in [-0.15, -0.1) is 0 Å². The van der Waals surface area contributed by atoms with Crippen LogP contribution in [0.1, 0.15) is 68.4 Å². The highest BCUT2D eigenvalue weighted by Gasteiger charge is 2.48. The van der Waals surface area contributed by atoms with Crippen molar-refractivity contribution in [1.29, 1.82) is 0 Å². The van der Waals surface area contributed by atoms with Crippen molar-refractivity contribution in [2.24, 2.45) is 11.3 Å². The molecule has 1 aliphatic heterocycles. The van der Waals surface area contributed by atoms with Crippen molar-refractivity contribution in [2.45, 2.75) is 71.0 Å². The number of amides is 1. The number of benzene rings is 1. The molecule has 1 aromatic rings. The largest absolute Gasteiger partial charge is 0.416 e. The van der Waals surface area contributed by atoms with Crippen LogP contribution in [0.25, 0.3) is 0 Å². The van der Waals surface area contributed by atoms with Crippen molar-refractivity contribution < 1.29 is 41.0 Å². The molecule has 5 nitrogen and oxygen atoms in total. The number of ketones is 1. The SMILES string of the molecule is CCC(O)(C(=O)C1CC(CNC(=O)c2cc(C(F)(F)F)cc(C(F)(F)F)c2)CCN1)C(C)(C)C. The molecule has 1 aliphatic rings. The van der Waals surface area contributed by atoms with Crippen LogP contribution in [0.4, 0.5) is 26.3 Å². The molecule has 11 heteroatoms. The Hall–Kier alpha value is -2.14. The Morgan fingerprint density at radius 3 is 2.00 bits per heavy atom. The lowest BCUT2D eigenvalue weighted by atomic mass is 9.69. The monoisotopic (exact) mass is 496 g/mol. The van der Waals surface area contributed by atoms with Gasteiger partial charge in [0.25, 0.3) is 5.91 Å². The summed E-state index contributed by atoms with van der Waals surface area (Å²) in [4.78, 5) is 25.5. The molecule has 0 saturated carbocycles. The standard InChI is InChI=1S/C23H30F6N2O3/c1-5-21(34,20(2,3)4)18(32)17-8-13(6-7-30-17)12-31-19(33)14-9-15(22(24,25)26)11-16(10-14)23(27,28)29/h9-11,13,17,30,34H,5-8,12H2,1-4H3,(H,31,33). The molecule has 3 N–H and O–H groups in total. The van der Waals surface area contributed by atoms with Gasteiger partial charge in [-0.2, -0.15) is 26.3 Å². The zero-order valence-corrected chi connectivity index (χ0v) is 19.5. The van der Waals surface area contributed by atoms with Crippen LogP contribution in [0, 0.1) is 11.3 Å². The third-order valence-corrected chi connectivity index (χ3v) is 6.39. The number of carbonyl (C=O) groups excluding carboxylic acids is 2. The van der Waals surface area contributed by atoms with Crippen molar-refractivity contribution in [3.8, 4) is 0 Å². The second kappa shape index (κ2) is 9.85. The fourth-order valence-corrected chi connectivity index (χ4v) is 4.17. The van der Waals surface area contributed by atoms with Crippen molar-refractivity contribution in [1.82, 2.24) is 10.6 Å². The maximum absolute atomic E-state index is 13.1. The van der Waals surface area contributed by atoms with Gasteiger partial charge < -0.3 is 15.7 Å². The molecule has 0 spiro atoms. The van der Waals surface area contributed by atoms with Crippen molar-refractivity contribution in [2.75, 3.05) is 13.1 Å². The highest BCUT2D eigenvalue weighted by Crippen LogP contribution is 2.37. The molecule has 1 aromatic carbocycles. The molecule has 0 aromatic heterocycles. The van der Waals surface area contributed by atoms with Gasteiger partial charge in [-0.25, -0.2) is 0 Å². The molecule has 3 unspecified atom stereocenters. The Morgan fingerprint density at radius 2 is 1.56 bits per heavy atom. The van der Waals surface area contributed by atoms with E-state index in [1.165, 1.54) is 0 Å². The first-order valence-corrected chi connectivity index (χ1v) is 11.0. The third kappa shape index (κ3) is 6.29. The Labute approximate surface area is 194 Å². The maximum Gasteiger partial charge on any atom is 0.416 e. The van der Waals surface area contributed by atoms with E-state index in [0.717, 1.165) is 0 Å². The number of carbonyl (C=O) groups is 2. The van der Waals surface area contributed by atoms with Crippen molar-refractivity contribution >= 4 is 11.7 Å². The molecular formula is C23H30F6N2O3. The zero-order chi connectivity index (χ0) is 26.1. The minimum Gasteiger partial charge on any atom is -0.381 e. The molecule has 192 valence electrons. The summed E-state index contributed by atoms with van der Waals surface area (Å²) in [5.74, 6) is -1.71. The van der Waals surface area contributed by atoms with Gasteiger partial charge in [-0.1, -0.05) is 27.7 Å². The molecule has 1 heterocycles. The average Bonchev–Trinajstić information content (AvgIpc) is 2.74. The predicted octanol–water partition coefficient (Wildman–Crippen LogP) is 4.58. The van der Waals surface area contributed by atoms with Crippen molar-refractivity contribution in [3.05, 3.63) is 34.9 Å². The second-order valence-corrected chi connectivity index (χ2v) is 9.73. The predicted molar refractivity (Wildman–Crippen MR) is 113 cm³/mol. The number of halogens is 6. The summed E-state index contributed by atoms with van der Waals surface area (Å²) in [6.07, 6.45) is -9.12. The average molecular weight is 496 g/mol. The summed E-state index contributed by atoms with van der Waals surface area (Å²) in [6, 6.07) is 0.0306. The molecule has 2 rings (SSSR count). The van der Waals surface area contributed by atoms with Gasteiger partial charge in [0, 0.05) is 12.1 Å². The van der Waals surface area contributed by atoms with Crippen LogP contribution in [-0.4, -0.2) is 41.5 Å². The highest BCUT2D eigenvalue weighted by molar-refractivity contribution is 5.95. The lowest BCUT2D eigenvalue weighted by Gasteiger charge is -2.42. The van der Waals surface area contributed by atoms with Crippen LogP contribution in [0.3, 0.4) is 0 Å². The number of hydrogen-bond donors (Lipinski definition) is 3. The van der Waals surface area contributed by atoms with E-state index in [9.17, 15) is 41.0 Å². The number of aliphatic hydroxyl groups is 1. The van der Waals surface area contributed by atoms with Crippen LogP contribution in [0.5, 0.6) is 0 Å². The van der Waals surface area contributed by atoms with E-state index in [1.807, 2.05) is 0 Å². The Morgan fingerprint density at radius 1 is 1.03 bits per heavy atom. The van der Waals surface area contributed by atoms with Crippen LogP contribution in [-0.2, 0) is 17.1 Å². The maximum atomic E-state index is 13.1.